The van der Waals surface area contributed by atoms with Gasteiger partial charge in [0.05, 0.1) is 24.0 Å². The molecule has 0 bridgehead atoms. The van der Waals surface area contributed by atoms with Gasteiger partial charge >= 0.3 is 0 Å². The van der Waals surface area contributed by atoms with Gasteiger partial charge in [-0.3, -0.25) is 0 Å². The lowest BCUT2D eigenvalue weighted by Gasteiger charge is -2.37. The van der Waals surface area contributed by atoms with Crippen molar-refractivity contribution >= 4 is 5.95 Å². The van der Waals surface area contributed by atoms with E-state index >= 15 is 0 Å². The quantitative estimate of drug-likeness (QED) is 0.606. The van der Waals surface area contributed by atoms with Gasteiger partial charge in [0.25, 0.3) is 0 Å². The van der Waals surface area contributed by atoms with Crippen molar-refractivity contribution in [1.82, 2.24) is 34.7 Å². The van der Waals surface area contributed by atoms with Crippen LogP contribution in [0.3, 0.4) is 0 Å². The fourth-order valence-corrected chi connectivity index (χ4v) is 5.30. The molecule has 2 aliphatic carbocycles. The summed E-state index contributed by atoms with van der Waals surface area (Å²) in [6.07, 6.45) is 9.91. The highest BCUT2D eigenvalue weighted by Gasteiger charge is 2.45. The summed E-state index contributed by atoms with van der Waals surface area (Å²) in [5, 5.41) is 13.4. The number of aromatic nitrogens is 6. The summed E-state index contributed by atoms with van der Waals surface area (Å²) in [5.41, 5.74) is 1.02. The summed E-state index contributed by atoms with van der Waals surface area (Å²) < 4.78 is 10.7. The van der Waals surface area contributed by atoms with Crippen LogP contribution in [0.1, 0.15) is 50.8 Å². The lowest BCUT2D eigenvalue weighted by Crippen LogP contribution is -2.38. The highest BCUT2D eigenvalue weighted by molar-refractivity contribution is 5.32. The van der Waals surface area contributed by atoms with E-state index in [1.54, 1.807) is 6.33 Å². The van der Waals surface area contributed by atoms with Crippen LogP contribution in [0.5, 0.6) is 0 Å². The Kier molecular flexibility index (Phi) is 5.97. The largest absolute Gasteiger partial charge is 0.376 e. The second kappa shape index (κ2) is 8.86. The van der Waals surface area contributed by atoms with E-state index in [9.17, 15) is 0 Å². The number of hydrogen-bond acceptors (Lipinski definition) is 7. The summed E-state index contributed by atoms with van der Waals surface area (Å²) in [6.45, 7) is 6.90. The first-order valence-electron chi connectivity index (χ1n) is 11.9. The number of hydrogen-bond donors (Lipinski definition) is 0. The maximum atomic E-state index is 6.51. The molecule has 2 aromatic heterocycles. The second-order valence-corrected chi connectivity index (χ2v) is 9.99. The van der Waals surface area contributed by atoms with Crippen molar-refractivity contribution in [2.24, 2.45) is 17.8 Å². The van der Waals surface area contributed by atoms with Crippen molar-refractivity contribution in [3.8, 4) is 0 Å². The van der Waals surface area contributed by atoms with E-state index in [1.807, 2.05) is 0 Å². The van der Waals surface area contributed by atoms with E-state index < -0.39 is 0 Å². The minimum absolute atomic E-state index is 0.212. The van der Waals surface area contributed by atoms with Crippen LogP contribution in [-0.2, 0) is 17.8 Å². The van der Waals surface area contributed by atoms with Gasteiger partial charge in [-0.05, 0) is 64.0 Å². The monoisotopic (exact) mass is 428 g/mol. The van der Waals surface area contributed by atoms with Crippen molar-refractivity contribution in [3.63, 3.8) is 0 Å². The van der Waals surface area contributed by atoms with Gasteiger partial charge in [0.1, 0.15) is 6.33 Å². The van der Waals surface area contributed by atoms with Crippen LogP contribution in [0.15, 0.2) is 12.5 Å². The summed E-state index contributed by atoms with van der Waals surface area (Å²) >= 11 is 0. The lowest BCUT2D eigenvalue weighted by molar-refractivity contribution is -0.0375. The van der Waals surface area contributed by atoms with Crippen molar-refractivity contribution in [3.05, 3.63) is 18.2 Å². The predicted octanol–water partition coefficient (Wildman–Crippen LogP) is 2.22. The molecule has 170 valence electrons. The zero-order valence-electron chi connectivity index (χ0n) is 19.1. The Labute approximate surface area is 184 Å². The first-order chi connectivity index (χ1) is 15.1. The molecule has 1 saturated heterocycles. The fraction of sp³-hybridized carbons (Fsp3) is 0.818. The predicted molar refractivity (Wildman–Crippen MR) is 118 cm³/mol. The van der Waals surface area contributed by atoms with E-state index in [1.165, 1.54) is 12.8 Å². The minimum atomic E-state index is 0.212. The molecule has 0 aromatic carbocycles. The number of fused-ring (bicyclic) bond motifs is 1. The Morgan fingerprint density at radius 1 is 1.16 bits per heavy atom. The summed E-state index contributed by atoms with van der Waals surface area (Å²) in [6, 6.07) is 0.261. The summed E-state index contributed by atoms with van der Waals surface area (Å²) in [4.78, 5) is 9.16. The maximum absolute atomic E-state index is 6.51. The minimum Gasteiger partial charge on any atom is -0.376 e. The topological polar surface area (TPSA) is 77.1 Å². The summed E-state index contributed by atoms with van der Waals surface area (Å²) in [7, 11) is 4.13. The molecule has 4 atom stereocenters. The highest BCUT2D eigenvalue weighted by Crippen LogP contribution is 2.44. The van der Waals surface area contributed by atoms with Gasteiger partial charge in [-0.1, -0.05) is 12.1 Å². The molecule has 0 N–H and O–H groups in total. The molecule has 2 saturated carbocycles. The fourth-order valence-electron chi connectivity index (χ4n) is 5.30. The van der Waals surface area contributed by atoms with Crippen molar-refractivity contribution in [2.75, 3.05) is 38.7 Å². The molecule has 5 rings (SSSR count). The number of anilines is 1. The van der Waals surface area contributed by atoms with E-state index in [-0.39, 0.29) is 12.1 Å². The van der Waals surface area contributed by atoms with Gasteiger partial charge < -0.3 is 14.5 Å². The van der Waals surface area contributed by atoms with Crippen LogP contribution in [-0.4, -0.2) is 74.6 Å². The van der Waals surface area contributed by atoms with Gasteiger partial charge in [0.2, 0.25) is 5.95 Å². The summed E-state index contributed by atoms with van der Waals surface area (Å²) in [5.74, 6) is 3.06. The zero-order chi connectivity index (χ0) is 21.4. The van der Waals surface area contributed by atoms with Crippen LogP contribution >= 0.6 is 0 Å². The van der Waals surface area contributed by atoms with Crippen LogP contribution < -0.4 is 4.90 Å². The Morgan fingerprint density at radius 3 is 2.71 bits per heavy atom. The Bertz CT molecular complexity index is 859. The molecule has 2 aromatic rings. The molecule has 0 unspecified atom stereocenters. The number of nitrogens with zero attached hydrogens (tertiary/aromatic N) is 8. The molecule has 3 aliphatic rings. The molecule has 0 radical (unpaired) electrons. The number of rotatable bonds is 9. The first kappa shape index (κ1) is 20.9. The zero-order valence-corrected chi connectivity index (χ0v) is 19.1. The average molecular weight is 429 g/mol. The lowest BCUT2D eigenvalue weighted by atomic mass is 9.77. The van der Waals surface area contributed by atoms with Gasteiger partial charge in [-0.15, -0.1) is 5.10 Å². The first-order valence-corrected chi connectivity index (χ1v) is 11.9. The third-order valence-corrected chi connectivity index (χ3v) is 7.02. The van der Waals surface area contributed by atoms with E-state index in [2.05, 4.69) is 66.8 Å². The second-order valence-electron chi connectivity index (χ2n) is 9.99. The molecule has 9 heteroatoms. The standard InChI is InChI=1S/C22H36N8O/c1-4-7-29-22(23-15-24-29)28-10-17-8-20(30-13-19(25-26-30)12-27(2)3)21(9-18(17)11-28)31-14-16-5-6-16/h13,15-18,20-21H,4-12,14H2,1-3H3/t17-,18+,20-,21-/m1/s1. The maximum Gasteiger partial charge on any atom is 0.223 e. The van der Waals surface area contributed by atoms with Gasteiger partial charge in [-0.2, -0.15) is 10.1 Å². The number of aryl methyl sites for hydroxylation is 1. The van der Waals surface area contributed by atoms with Gasteiger partial charge in [0.15, 0.2) is 0 Å². The van der Waals surface area contributed by atoms with Crippen molar-refractivity contribution < 1.29 is 4.74 Å². The van der Waals surface area contributed by atoms with Crippen LogP contribution in [0.4, 0.5) is 5.95 Å². The Morgan fingerprint density at radius 2 is 1.97 bits per heavy atom. The third-order valence-electron chi connectivity index (χ3n) is 7.02. The van der Waals surface area contributed by atoms with Crippen LogP contribution in [0, 0.1) is 17.8 Å². The number of ether oxygens (including phenoxy) is 1. The molecule has 0 spiro atoms. The molecule has 1 aliphatic heterocycles. The molecular weight excluding hydrogens is 392 g/mol. The molecule has 9 nitrogen and oxygen atoms in total. The molecule has 31 heavy (non-hydrogen) atoms. The Balaban J connectivity index is 1.32. The van der Waals surface area contributed by atoms with Crippen LogP contribution in [0.2, 0.25) is 0 Å². The molecule has 3 fully saturated rings. The van der Waals surface area contributed by atoms with Crippen molar-refractivity contribution in [2.45, 2.75) is 64.3 Å². The van der Waals surface area contributed by atoms with E-state index in [0.717, 1.165) is 69.6 Å². The molecular formula is C22H36N8O. The third kappa shape index (κ3) is 4.62. The molecule has 3 heterocycles. The highest BCUT2D eigenvalue weighted by atomic mass is 16.5. The SMILES string of the molecule is CCCn1ncnc1N1C[C@H]2C[C@@H](n3cc(CN(C)C)nn3)[C@H](OCC3CC3)C[C@H]2C1. The Hall–Kier alpha value is -2.00. The normalized spacial score (nSPS) is 28.5. The smallest absolute Gasteiger partial charge is 0.223 e. The van der Waals surface area contributed by atoms with E-state index in [0.29, 0.717) is 11.8 Å². The van der Waals surface area contributed by atoms with Gasteiger partial charge in [-0.25, -0.2) is 9.36 Å². The van der Waals surface area contributed by atoms with E-state index in [4.69, 9.17) is 4.74 Å². The van der Waals surface area contributed by atoms with Crippen LogP contribution in [0.25, 0.3) is 0 Å². The van der Waals surface area contributed by atoms with Crippen molar-refractivity contribution in [1.29, 1.82) is 0 Å². The van der Waals surface area contributed by atoms with Gasteiger partial charge in [0, 0.05) is 32.8 Å². The molecule has 0 amide bonds. The average Bonchev–Trinajstić information content (AvgIpc) is 3.11.